The lowest BCUT2D eigenvalue weighted by atomic mass is 10.1. The van der Waals surface area contributed by atoms with Gasteiger partial charge in [-0.3, -0.25) is 0 Å². The summed E-state index contributed by atoms with van der Waals surface area (Å²) in [5.41, 5.74) is 1.68. The number of nitrogens with zero attached hydrogens (tertiary/aromatic N) is 3. The second-order valence-electron chi connectivity index (χ2n) is 4.94. The average Bonchev–Trinajstić information content (AvgIpc) is 2.88. The number of rotatable bonds is 3. The van der Waals surface area contributed by atoms with E-state index >= 15 is 0 Å². The molecule has 1 aliphatic rings. The highest BCUT2D eigenvalue weighted by Gasteiger charge is 2.16. The fourth-order valence-electron chi connectivity index (χ4n) is 2.37. The maximum Gasteiger partial charge on any atom is 0.114 e. The van der Waals surface area contributed by atoms with Crippen molar-refractivity contribution in [3.63, 3.8) is 0 Å². The van der Waals surface area contributed by atoms with E-state index in [-0.39, 0.29) is 6.10 Å². The van der Waals surface area contributed by atoms with Crippen molar-refractivity contribution in [1.29, 1.82) is 0 Å². The van der Waals surface area contributed by atoms with Crippen molar-refractivity contribution in [2.75, 3.05) is 6.61 Å². The minimum absolute atomic E-state index is 0.249. The van der Waals surface area contributed by atoms with Gasteiger partial charge in [0.1, 0.15) is 5.69 Å². The molecule has 1 atom stereocenters. The molecule has 6 heteroatoms. The third-order valence-electron chi connectivity index (χ3n) is 3.41. The van der Waals surface area contributed by atoms with E-state index < -0.39 is 0 Å². The maximum atomic E-state index is 6.23. The minimum Gasteiger partial charge on any atom is -0.376 e. The van der Waals surface area contributed by atoms with Gasteiger partial charge >= 0.3 is 0 Å². The van der Waals surface area contributed by atoms with Crippen molar-refractivity contribution in [2.45, 2.75) is 31.9 Å². The molecule has 0 N–H and O–H groups in total. The first-order valence-electron chi connectivity index (χ1n) is 6.69. The van der Waals surface area contributed by atoms with Gasteiger partial charge in [0.2, 0.25) is 0 Å². The van der Waals surface area contributed by atoms with Crippen LogP contribution in [-0.4, -0.2) is 27.7 Å². The Bertz CT molecular complexity index is 596. The van der Waals surface area contributed by atoms with Crippen LogP contribution in [0.2, 0.25) is 5.02 Å². The summed E-state index contributed by atoms with van der Waals surface area (Å²) in [6.07, 6.45) is 5.65. The van der Waals surface area contributed by atoms with Crippen LogP contribution in [0.25, 0.3) is 11.3 Å². The van der Waals surface area contributed by atoms with E-state index in [1.54, 1.807) is 0 Å². The predicted octanol–water partition coefficient (Wildman–Crippen LogP) is 3.93. The van der Waals surface area contributed by atoms with Crippen molar-refractivity contribution >= 4 is 27.5 Å². The van der Waals surface area contributed by atoms with E-state index in [9.17, 15) is 0 Å². The summed E-state index contributed by atoms with van der Waals surface area (Å²) < 4.78 is 8.51. The molecular formula is C14H15BrClN3O. The van der Waals surface area contributed by atoms with Crippen LogP contribution in [0, 0.1) is 0 Å². The van der Waals surface area contributed by atoms with Crippen LogP contribution in [0.15, 0.2) is 28.9 Å². The SMILES string of the molecule is Clc1cc(Br)ccc1-c1cn(CC2CCCCO2)nn1. The first-order chi connectivity index (χ1) is 9.72. The van der Waals surface area contributed by atoms with E-state index in [4.69, 9.17) is 16.3 Å². The van der Waals surface area contributed by atoms with Crippen LogP contribution in [0.5, 0.6) is 0 Å². The molecule has 0 saturated carbocycles. The molecule has 0 aliphatic carbocycles. The van der Waals surface area contributed by atoms with Gasteiger partial charge in [0.05, 0.1) is 23.9 Å². The molecular weight excluding hydrogens is 342 g/mol. The monoisotopic (exact) mass is 355 g/mol. The van der Waals surface area contributed by atoms with Gasteiger partial charge in [0.25, 0.3) is 0 Å². The van der Waals surface area contributed by atoms with E-state index in [0.717, 1.165) is 41.7 Å². The number of hydrogen-bond acceptors (Lipinski definition) is 3. The molecule has 106 valence electrons. The molecule has 1 aromatic carbocycles. The zero-order chi connectivity index (χ0) is 13.9. The molecule has 3 rings (SSSR count). The molecule has 2 aromatic rings. The molecule has 0 bridgehead atoms. The van der Waals surface area contributed by atoms with Crippen molar-refractivity contribution in [2.24, 2.45) is 0 Å². The van der Waals surface area contributed by atoms with E-state index in [2.05, 4.69) is 26.2 Å². The largest absolute Gasteiger partial charge is 0.376 e. The summed E-state index contributed by atoms with van der Waals surface area (Å²) in [4.78, 5) is 0. The molecule has 0 spiro atoms. The van der Waals surface area contributed by atoms with E-state index in [0.29, 0.717) is 5.02 Å². The zero-order valence-corrected chi connectivity index (χ0v) is 13.3. The number of halogens is 2. The Morgan fingerprint density at radius 1 is 1.40 bits per heavy atom. The standard InChI is InChI=1S/C14H15BrClN3O/c15-10-4-5-12(13(16)7-10)14-9-19(18-17-14)8-11-3-1-2-6-20-11/h4-5,7,9,11H,1-3,6,8H2. The topological polar surface area (TPSA) is 39.9 Å². The highest BCUT2D eigenvalue weighted by atomic mass is 79.9. The fraction of sp³-hybridized carbons (Fsp3) is 0.429. The van der Waals surface area contributed by atoms with Gasteiger partial charge in [-0.2, -0.15) is 0 Å². The van der Waals surface area contributed by atoms with Crippen LogP contribution in [0.3, 0.4) is 0 Å². The van der Waals surface area contributed by atoms with Gasteiger partial charge < -0.3 is 4.74 Å². The minimum atomic E-state index is 0.249. The van der Waals surface area contributed by atoms with Gasteiger partial charge in [-0.1, -0.05) is 38.8 Å². The van der Waals surface area contributed by atoms with Crippen LogP contribution < -0.4 is 0 Å². The van der Waals surface area contributed by atoms with Crippen LogP contribution in [0.4, 0.5) is 0 Å². The second-order valence-corrected chi connectivity index (χ2v) is 6.26. The summed E-state index contributed by atoms with van der Waals surface area (Å²) in [6, 6.07) is 5.75. The van der Waals surface area contributed by atoms with Crippen LogP contribution in [-0.2, 0) is 11.3 Å². The zero-order valence-electron chi connectivity index (χ0n) is 10.9. The quantitative estimate of drug-likeness (QED) is 0.836. The Kier molecular flexibility index (Phi) is 4.38. The summed E-state index contributed by atoms with van der Waals surface area (Å²) in [7, 11) is 0. The Morgan fingerprint density at radius 3 is 3.05 bits per heavy atom. The van der Waals surface area contributed by atoms with Crippen LogP contribution in [0.1, 0.15) is 19.3 Å². The second kappa shape index (κ2) is 6.24. The smallest absolute Gasteiger partial charge is 0.114 e. The van der Waals surface area contributed by atoms with Gasteiger partial charge in [-0.25, -0.2) is 4.68 Å². The predicted molar refractivity (Wildman–Crippen MR) is 81.8 cm³/mol. The van der Waals surface area contributed by atoms with Crippen molar-refractivity contribution in [3.05, 3.63) is 33.9 Å². The number of benzene rings is 1. The van der Waals surface area contributed by atoms with Gasteiger partial charge in [0.15, 0.2) is 0 Å². The molecule has 1 aromatic heterocycles. The number of aromatic nitrogens is 3. The van der Waals surface area contributed by atoms with E-state index in [1.165, 1.54) is 6.42 Å². The molecule has 20 heavy (non-hydrogen) atoms. The van der Waals surface area contributed by atoms with Crippen molar-refractivity contribution in [3.8, 4) is 11.3 Å². The third kappa shape index (κ3) is 3.22. The third-order valence-corrected chi connectivity index (χ3v) is 4.22. The summed E-state index contributed by atoms with van der Waals surface area (Å²) in [6.45, 7) is 1.60. The molecule has 1 unspecified atom stereocenters. The van der Waals surface area contributed by atoms with Gasteiger partial charge in [-0.15, -0.1) is 5.10 Å². The highest BCUT2D eigenvalue weighted by molar-refractivity contribution is 9.10. The highest BCUT2D eigenvalue weighted by Crippen LogP contribution is 2.29. The normalized spacial score (nSPS) is 19.2. The van der Waals surface area contributed by atoms with Crippen molar-refractivity contribution in [1.82, 2.24) is 15.0 Å². The molecule has 1 fully saturated rings. The number of hydrogen-bond donors (Lipinski definition) is 0. The van der Waals surface area contributed by atoms with Crippen molar-refractivity contribution < 1.29 is 4.74 Å². The summed E-state index contributed by atoms with van der Waals surface area (Å²) in [5.74, 6) is 0. The lowest BCUT2D eigenvalue weighted by Crippen LogP contribution is -2.24. The first-order valence-corrected chi connectivity index (χ1v) is 7.86. The molecule has 0 amide bonds. The summed E-state index contributed by atoms with van der Waals surface area (Å²) >= 11 is 9.63. The van der Waals surface area contributed by atoms with E-state index in [1.807, 2.05) is 29.1 Å². The Balaban J connectivity index is 1.75. The fourth-order valence-corrected chi connectivity index (χ4v) is 3.14. The van der Waals surface area contributed by atoms with Gasteiger partial charge in [0, 0.05) is 16.6 Å². The summed E-state index contributed by atoms with van der Waals surface area (Å²) in [5, 5.41) is 9.03. The molecule has 2 heterocycles. The Morgan fingerprint density at radius 2 is 2.30 bits per heavy atom. The molecule has 1 aliphatic heterocycles. The molecule has 0 radical (unpaired) electrons. The van der Waals surface area contributed by atoms with Crippen LogP contribution >= 0.6 is 27.5 Å². The molecule has 4 nitrogen and oxygen atoms in total. The van der Waals surface area contributed by atoms with Gasteiger partial charge in [-0.05, 0) is 31.4 Å². The maximum absolute atomic E-state index is 6.23. The lowest BCUT2D eigenvalue weighted by Gasteiger charge is -2.21. The first kappa shape index (κ1) is 14.0. The Labute approximate surface area is 131 Å². The Hall–Kier alpha value is -0.910. The lowest BCUT2D eigenvalue weighted by molar-refractivity contribution is 0.00370. The number of ether oxygens (including phenoxy) is 1. The molecule has 1 saturated heterocycles. The average molecular weight is 357 g/mol.